The second kappa shape index (κ2) is 52.7. The lowest BCUT2D eigenvalue weighted by Crippen LogP contribution is -2.30. The van der Waals surface area contributed by atoms with Crippen LogP contribution in [-0.4, -0.2) is 37.2 Å². The van der Waals surface area contributed by atoms with Gasteiger partial charge < -0.3 is 14.2 Å². The monoisotopic (exact) mass is 901 g/mol. The Bertz CT molecular complexity index is 1360. The molecule has 0 N–H and O–H groups in total. The van der Waals surface area contributed by atoms with Crippen molar-refractivity contribution in [3.63, 3.8) is 0 Å². The lowest BCUT2D eigenvalue weighted by Gasteiger charge is -2.18. The van der Waals surface area contributed by atoms with Crippen LogP contribution >= 0.6 is 0 Å². The van der Waals surface area contributed by atoms with Gasteiger partial charge in [0, 0.05) is 19.3 Å². The van der Waals surface area contributed by atoms with Gasteiger partial charge in [-0.2, -0.15) is 0 Å². The van der Waals surface area contributed by atoms with Crippen LogP contribution in [0.2, 0.25) is 0 Å². The highest BCUT2D eigenvalue weighted by Gasteiger charge is 2.19. The smallest absolute Gasteiger partial charge is 0.306 e. The molecule has 0 aromatic rings. The zero-order valence-corrected chi connectivity index (χ0v) is 42.0. The molecule has 368 valence electrons. The lowest BCUT2D eigenvalue weighted by atomic mass is 10.1. The molecule has 1 unspecified atom stereocenters. The fourth-order valence-corrected chi connectivity index (χ4v) is 6.74. The first kappa shape index (κ1) is 61.1. The Balaban J connectivity index is 4.50. The minimum atomic E-state index is -0.807. The van der Waals surface area contributed by atoms with Crippen molar-refractivity contribution in [1.29, 1.82) is 0 Å². The number of hydrogen-bond acceptors (Lipinski definition) is 6. The Morgan fingerprint density at radius 2 is 0.600 bits per heavy atom. The number of carbonyl (C=O) groups is 3. The molecule has 0 aromatic carbocycles. The number of carbonyl (C=O) groups excluding carboxylic acids is 3. The topological polar surface area (TPSA) is 78.9 Å². The van der Waals surface area contributed by atoms with Crippen molar-refractivity contribution in [3.05, 3.63) is 109 Å². The van der Waals surface area contributed by atoms with Gasteiger partial charge in [0.05, 0.1) is 0 Å². The summed E-state index contributed by atoms with van der Waals surface area (Å²) in [5, 5.41) is 0. The zero-order valence-electron chi connectivity index (χ0n) is 42.0. The molecular formula is C59H96O6. The van der Waals surface area contributed by atoms with E-state index in [4.69, 9.17) is 14.2 Å². The summed E-state index contributed by atoms with van der Waals surface area (Å²) in [7, 11) is 0. The molecule has 0 aliphatic heterocycles. The van der Waals surface area contributed by atoms with Gasteiger partial charge in [-0.15, -0.1) is 0 Å². The van der Waals surface area contributed by atoms with E-state index in [9.17, 15) is 14.4 Å². The van der Waals surface area contributed by atoms with Gasteiger partial charge in [-0.3, -0.25) is 14.4 Å². The summed E-state index contributed by atoms with van der Waals surface area (Å²) in [6.07, 6.45) is 70.6. The van der Waals surface area contributed by atoms with E-state index in [2.05, 4.69) is 130 Å². The lowest BCUT2D eigenvalue weighted by molar-refractivity contribution is -0.167. The highest BCUT2D eigenvalue weighted by molar-refractivity contribution is 5.71. The molecule has 0 spiro atoms. The predicted molar refractivity (Wildman–Crippen MR) is 279 cm³/mol. The van der Waals surface area contributed by atoms with Gasteiger partial charge >= 0.3 is 17.9 Å². The van der Waals surface area contributed by atoms with Crippen LogP contribution < -0.4 is 0 Å². The van der Waals surface area contributed by atoms with Gasteiger partial charge in [0.2, 0.25) is 0 Å². The summed E-state index contributed by atoms with van der Waals surface area (Å²) >= 11 is 0. The molecule has 0 aliphatic carbocycles. The summed E-state index contributed by atoms with van der Waals surface area (Å²) in [4.78, 5) is 38.0. The SMILES string of the molecule is CC/C=C\C/C=C\C/C=C\C/C=C\C/C=C\CCCCCC(=O)OCC(COC(=O)CCCCCCC/C=C\C/C=C\CCCC)OC(=O)CCCCCCC/C=C\C/C=C\CCCC. The molecule has 0 saturated heterocycles. The molecule has 0 rings (SSSR count). The predicted octanol–water partition coefficient (Wildman–Crippen LogP) is 17.5. The van der Waals surface area contributed by atoms with Crippen molar-refractivity contribution in [1.82, 2.24) is 0 Å². The maximum absolute atomic E-state index is 12.8. The van der Waals surface area contributed by atoms with E-state index in [-0.39, 0.29) is 31.1 Å². The summed E-state index contributed by atoms with van der Waals surface area (Å²) < 4.78 is 16.8. The molecule has 0 heterocycles. The van der Waals surface area contributed by atoms with Gasteiger partial charge in [0.1, 0.15) is 13.2 Å². The third-order valence-electron chi connectivity index (χ3n) is 10.7. The molecule has 0 radical (unpaired) electrons. The third kappa shape index (κ3) is 50.9. The van der Waals surface area contributed by atoms with Gasteiger partial charge in [-0.25, -0.2) is 0 Å². The largest absolute Gasteiger partial charge is 0.462 e. The van der Waals surface area contributed by atoms with E-state index in [1.807, 2.05) is 0 Å². The Hall–Kier alpha value is -3.93. The van der Waals surface area contributed by atoms with E-state index in [1.54, 1.807) is 0 Å². The first-order valence-electron chi connectivity index (χ1n) is 26.4. The van der Waals surface area contributed by atoms with Crippen molar-refractivity contribution < 1.29 is 28.6 Å². The molecule has 0 bridgehead atoms. The number of unbranched alkanes of at least 4 members (excludes halogenated alkanes) is 17. The van der Waals surface area contributed by atoms with Crippen molar-refractivity contribution in [2.75, 3.05) is 13.2 Å². The first-order chi connectivity index (χ1) is 32.0. The second-order valence-electron chi connectivity index (χ2n) is 17.0. The summed E-state index contributed by atoms with van der Waals surface area (Å²) in [5.41, 5.74) is 0. The first-order valence-corrected chi connectivity index (χ1v) is 26.4. The maximum Gasteiger partial charge on any atom is 0.306 e. The van der Waals surface area contributed by atoms with Gasteiger partial charge in [-0.1, -0.05) is 201 Å². The maximum atomic E-state index is 12.8. The molecule has 65 heavy (non-hydrogen) atoms. The molecule has 6 nitrogen and oxygen atoms in total. The van der Waals surface area contributed by atoms with Crippen molar-refractivity contribution in [2.24, 2.45) is 0 Å². The van der Waals surface area contributed by atoms with E-state index in [0.717, 1.165) is 148 Å². The summed E-state index contributed by atoms with van der Waals surface area (Å²) in [5.74, 6) is -0.969. The highest BCUT2D eigenvalue weighted by atomic mass is 16.6. The number of allylic oxidation sites excluding steroid dienone is 18. The molecule has 1 atom stereocenters. The standard InChI is InChI=1S/C59H96O6/c1-4-7-10-13-16-19-22-25-28-29-30-31-32-35-37-40-43-46-49-52-58(61)64-55-56(65-59(62)53-50-47-44-41-38-34-27-24-21-18-15-12-9-6-3)54-63-57(60)51-48-45-42-39-36-33-26-23-20-17-14-11-8-5-2/h7,10,14-19,23-28,30-31,35,37,56H,4-6,8-9,11-13,20-22,29,32-34,36,38-55H2,1-3H3/b10-7-,17-14-,18-15-,19-16-,26-23-,27-24-,28-25-,31-30-,37-35-. The average molecular weight is 901 g/mol. The highest BCUT2D eigenvalue weighted by Crippen LogP contribution is 2.13. The van der Waals surface area contributed by atoms with Crippen LogP contribution in [0.4, 0.5) is 0 Å². The third-order valence-corrected chi connectivity index (χ3v) is 10.7. The average Bonchev–Trinajstić information content (AvgIpc) is 3.30. The molecule has 0 aliphatic rings. The van der Waals surface area contributed by atoms with Crippen molar-refractivity contribution in [3.8, 4) is 0 Å². The van der Waals surface area contributed by atoms with Crippen molar-refractivity contribution >= 4 is 17.9 Å². The minimum Gasteiger partial charge on any atom is -0.462 e. The fourth-order valence-electron chi connectivity index (χ4n) is 6.74. The van der Waals surface area contributed by atoms with Crippen LogP contribution in [0.1, 0.15) is 226 Å². The van der Waals surface area contributed by atoms with Crippen LogP contribution in [0.3, 0.4) is 0 Å². The number of hydrogen-bond donors (Lipinski definition) is 0. The molecular weight excluding hydrogens is 805 g/mol. The van der Waals surface area contributed by atoms with E-state index in [0.29, 0.717) is 19.3 Å². The number of rotatable bonds is 46. The van der Waals surface area contributed by atoms with Crippen LogP contribution in [0.25, 0.3) is 0 Å². The molecule has 0 aromatic heterocycles. The zero-order chi connectivity index (χ0) is 47.2. The van der Waals surface area contributed by atoms with Crippen LogP contribution in [0, 0.1) is 0 Å². The Morgan fingerprint density at radius 3 is 0.954 bits per heavy atom. The molecule has 0 amide bonds. The molecule has 0 fully saturated rings. The Labute approximate surface area is 400 Å². The van der Waals surface area contributed by atoms with E-state index in [1.165, 1.54) is 38.5 Å². The second-order valence-corrected chi connectivity index (χ2v) is 17.0. The van der Waals surface area contributed by atoms with E-state index >= 15 is 0 Å². The molecule has 0 saturated carbocycles. The number of esters is 3. The fraction of sp³-hybridized carbons (Fsp3) is 0.644. The normalized spacial score (nSPS) is 13.0. The quantitative estimate of drug-likeness (QED) is 0.0262. The van der Waals surface area contributed by atoms with Crippen LogP contribution in [0.5, 0.6) is 0 Å². The number of ether oxygens (including phenoxy) is 3. The Morgan fingerprint density at radius 1 is 0.323 bits per heavy atom. The Kier molecular flexibility index (Phi) is 49.5. The van der Waals surface area contributed by atoms with Crippen LogP contribution in [0.15, 0.2) is 109 Å². The van der Waals surface area contributed by atoms with Gasteiger partial charge in [-0.05, 0) is 116 Å². The van der Waals surface area contributed by atoms with Crippen LogP contribution in [-0.2, 0) is 28.6 Å². The van der Waals surface area contributed by atoms with Gasteiger partial charge in [0.25, 0.3) is 0 Å². The molecule has 6 heteroatoms. The summed E-state index contributed by atoms with van der Waals surface area (Å²) in [6, 6.07) is 0. The van der Waals surface area contributed by atoms with Crippen molar-refractivity contribution in [2.45, 2.75) is 232 Å². The minimum absolute atomic E-state index is 0.104. The van der Waals surface area contributed by atoms with E-state index < -0.39 is 6.10 Å². The van der Waals surface area contributed by atoms with Gasteiger partial charge in [0.15, 0.2) is 6.10 Å². The summed E-state index contributed by atoms with van der Waals surface area (Å²) in [6.45, 7) is 6.38.